The normalized spacial score (nSPS) is 27.4. The van der Waals surface area contributed by atoms with E-state index in [4.69, 9.17) is 11.6 Å². The van der Waals surface area contributed by atoms with Gasteiger partial charge in [0.05, 0.1) is 0 Å². The fraction of sp³-hybridized carbons (Fsp3) is 1.00. The molecule has 84 valence electrons. The van der Waals surface area contributed by atoms with E-state index in [0.29, 0.717) is 6.04 Å². The van der Waals surface area contributed by atoms with Crippen LogP contribution < -0.4 is 5.32 Å². The lowest BCUT2D eigenvalue weighted by molar-refractivity contribution is 0.372. The fourth-order valence-corrected chi connectivity index (χ4v) is 2.54. The first-order valence-corrected chi connectivity index (χ1v) is 6.21. The number of nitrogens with one attached hydrogen (secondary N) is 1. The maximum Gasteiger partial charge on any atom is 0.0266 e. The van der Waals surface area contributed by atoms with Gasteiger partial charge in [0, 0.05) is 11.9 Å². The maximum atomic E-state index is 5.92. The molecule has 1 rings (SSSR count). The zero-order valence-corrected chi connectivity index (χ0v) is 10.2. The van der Waals surface area contributed by atoms with Crippen LogP contribution in [0.4, 0.5) is 0 Å². The fourth-order valence-electron chi connectivity index (χ4n) is 2.17. The third-order valence-corrected chi connectivity index (χ3v) is 3.44. The van der Waals surface area contributed by atoms with E-state index in [1.165, 1.54) is 32.2 Å². The standard InChI is InChI=1S/C11H23ClN2/c1-14(2)8-4-7-13-11-6-3-5-10(11)9-12/h10-11,13H,3-9H2,1-2H3. The van der Waals surface area contributed by atoms with E-state index in [-0.39, 0.29) is 0 Å². The number of hydrogen-bond donors (Lipinski definition) is 1. The Balaban J connectivity index is 2.05. The van der Waals surface area contributed by atoms with E-state index in [0.717, 1.165) is 18.3 Å². The highest BCUT2D eigenvalue weighted by atomic mass is 35.5. The summed E-state index contributed by atoms with van der Waals surface area (Å²) >= 11 is 5.92. The van der Waals surface area contributed by atoms with Crippen molar-refractivity contribution in [3.8, 4) is 0 Å². The molecule has 0 heterocycles. The van der Waals surface area contributed by atoms with Gasteiger partial charge in [0.25, 0.3) is 0 Å². The average molecular weight is 219 g/mol. The average Bonchev–Trinajstić information content (AvgIpc) is 2.59. The summed E-state index contributed by atoms with van der Waals surface area (Å²) in [5.74, 6) is 1.54. The molecule has 0 aromatic carbocycles. The van der Waals surface area contributed by atoms with Crippen molar-refractivity contribution in [3.63, 3.8) is 0 Å². The van der Waals surface area contributed by atoms with Crippen LogP contribution >= 0.6 is 11.6 Å². The minimum absolute atomic E-state index is 0.690. The van der Waals surface area contributed by atoms with Gasteiger partial charge in [-0.2, -0.15) is 0 Å². The predicted octanol–water partition coefficient (Wildman–Crippen LogP) is 1.94. The van der Waals surface area contributed by atoms with Gasteiger partial charge >= 0.3 is 0 Å². The summed E-state index contributed by atoms with van der Waals surface area (Å²) in [5, 5.41) is 3.63. The Labute approximate surface area is 93.0 Å². The molecule has 14 heavy (non-hydrogen) atoms. The van der Waals surface area contributed by atoms with Gasteiger partial charge in [-0.15, -0.1) is 11.6 Å². The summed E-state index contributed by atoms with van der Waals surface area (Å²) in [6.07, 6.45) is 5.22. The van der Waals surface area contributed by atoms with Crippen LogP contribution in [-0.4, -0.2) is 44.0 Å². The second-order valence-corrected chi connectivity index (χ2v) is 4.87. The second kappa shape index (κ2) is 6.65. The second-order valence-electron chi connectivity index (χ2n) is 4.56. The molecule has 0 aromatic heterocycles. The Hall–Kier alpha value is 0.210. The number of rotatable bonds is 6. The highest BCUT2D eigenvalue weighted by Crippen LogP contribution is 2.26. The molecule has 3 heteroatoms. The van der Waals surface area contributed by atoms with Gasteiger partial charge in [0.2, 0.25) is 0 Å². The van der Waals surface area contributed by atoms with Gasteiger partial charge in [-0.3, -0.25) is 0 Å². The summed E-state index contributed by atoms with van der Waals surface area (Å²) in [6.45, 7) is 2.31. The summed E-state index contributed by atoms with van der Waals surface area (Å²) in [5.41, 5.74) is 0. The summed E-state index contributed by atoms with van der Waals surface area (Å²) in [7, 11) is 4.24. The number of nitrogens with zero attached hydrogens (tertiary/aromatic N) is 1. The summed E-state index contributed by atoms with van der Waals surface area (Å²) < 4.78 is 0. The number of halogens is 1. The van der Waals surface area contributed by atoms with Gasteiger partial charge in [-0.25, -0.2) is 0 Å². The molecule has 1 saturated carbocycles. The highest BCUT2D eigenvalue weighted by Gasteiger charge is 2.25. The molecule has 1 aliphatic carbocycles. The zero-order valence-electron chi connectivity index (χ0n) is 9.43. The van der Waals surface area contributed by atoms with Crippen molar-refractivity contribution < 1.29 is 0 Å². The molecule has 1 N–H and O–H groups in total. The van der Waals surface area contributed by atoms with Crippen LogP contribution in [0, 0.1) is 5.92 Å². The molecule has 0 saturated heterocycles. The van der Waals surface area contributed by atoms with Gasteiger partial charge in [0.1, 0.15) is 0 Å². The van der Waals surface area contributed by atoms with Crippen molar-refractivity contribution in [1.29, 1.82) is 0 Å². The van der Waals surface area contributed by atoms with Crippen molar-refractivity contribution in [2.45, 2.75) is 31.7 Å². The molecule has 0 spiro atoms. The Bertz CT molecular complexity index is 150. The largest absolute Gasteiger partial charge is 0.314 e. The molecule has 2 nitrogen and oxygen atoms in total. The highest BCUT2D eigenvalue weighted by molar-refractivity contribution is 6.18. The lowest BCUT2D eigenvalue weighted by Gasteiger charge is -2.19. The monoisotopic (exact) mass is 218 g/mol. The third kappa shape index (κ3) is 4.16. The first-order valence-electron chi connectivity index (χ1n) is 5.68. The van der Waals surface area contributed by atoms with Crippen molar-refractivity contribution in [2.24, 2.45) is 5.92 Å². The predicted molar refractivity (Wildman–Crippen MR) is 63.0 cm³/mol. The third-order valence-electron chi connectivity index (χ3n) is 3.05. The Morgan fingerprint density at radius 1 is 1.36 bits per heavy atom. The van der Waals surface area contributed by atoms with Gasteiger partial charge in [-0.1, -0.05) is 6.42 Å². The number of hydrogen-bond acceptors (Lipinski definition) is 2. The lowest BCUT2D eigenvalue weighted by Crippen LogP contribution is -2.34. The topological polar surface area (TPSA) is 15.3 Å². The van der Waals surface area contributed by atoms with E-state index in [1.807, 2.05) is 0 Å². The van der Waals surface area contributed by atoms with Crippen molar-refractivity contribution in [3.05, 3.63) is 0 Å². The molecule has 2 atom stereocenters. The zero-order chi connectivity index (χ0) is 10.4. The quantitative estimate of drug-likeness (QED) is 0.542. The minimum atomic E-state index is 0.690. The van der Waals surface area contributed by atoms with E-state index in [2.05, 4.69) is 24.3 Å². The Morgan fingerprint density at radius 2 is 2.14 bits per heavy atom. The molecule has 0 radical (unpaired) electrons. The molecule has 0 aromatic rings. The Morgan fingerprint density at radius 3 is 2.79 bits per heavy atom. The summed E-state index contributed by atoms with van der Waals surface area (Å²) in [6, 6.07) is 0.690. The molecule has 0 amide bonds. The smallest absolute Gasteiger partial charge is 0.0266 e. The van der Waals surface area contributed by atoms with Gasteiger partial charge in [0.15, 0.2) is 0 Å². The first kappa shape index (κ1) is 12.3. The van der Waals surface area contributed by atoms with Crippen LogP contribution in [0.25, 0.3) is 0 Å². The van der Waals surface area contributed by atoms with Crippen molar-refractivity contribution >= 4 is 11.6 Å². The SMILES string of the molecule is CN(C)CCCNC1CCCC1CCl. The maximum absolute atomic E-state index is 5.92. The molecule has 1 fully saturated rings. The van der Waals surface area contributed by atoms with Crippen LogP contribution in [0.1, 0.15) is 25.7 Å². The van der Waals surface area contributed by atoms with Crippen LogP contribution in [0.15, 0.2) is 0 Å². The Kier molecular flexibility index (Phi) is 5.83. The van der Waals surface area contributed by atoms with E-state index >= 15 is 0 Å². The van der Waals surface area contributed by atoms with Crippen LogP contribution in [0.3, 0.4) is 0 Å². The first-order chi connectivity index (χ1) is 6.74. The van der Waals surface area contributed by atoms with Crippen LogP contribution in [0.2, 0.25) is 0 Å². The molecular formula is C11H23ClN2. The van der Waals surface area contributed by atoms with Crippen LogP contribution in [0.5, 0.6) is 0 Å². The van der Waals surface area contributed by atoms with E-state index in [9.17, 15) is 0 Å². The molecule has 0 aliphatic heterocycles. The molecular weight excluding hydrogens is 196 g/mol. The number of alkyl halides is 1. The van der Waals surface area contributed by atoms with E-state index < -0.39 is 0 Å². The van der Waals surface area contributed by atoms with Gasteiger partial charge < -0.3 is 10.2 Å². The van der Waals surface area contributed by atoms with Gasteiger partial charge in [-0.05, 0) is 52.4 Å². The van der Waals surface area contributed by atoms with E-state index in [1.54, 1.807) is 0 Å². The van der Waals surface area contributed by atoms with Crippen molar-refractivity contribution in [2.75, 3.05) is 33.1 Å². The summed E-state index contributed by atoms with van der Waals surface area (Å²) in [4.78, 5) is 2.23. The molecule has 2 unspecified atom stereocenters. The van der Waals surface area contributed by atoms with Crippen LogP contribution in [-0.2, 0) is 0 Å². The minimum Gasteiger partial charge on any atom is -0.314 e. The molecule has 1 aliphatic rings. The molecule has 0 bridgehead atoms. The van der Waals surface area contributed by atoms with Crippen molar-refractivity contribution in [1.82, 2.24) is 10.2 Å². The lowest BCUT2D eigenvalue weighted by atomic mass is 10.1.